The number of hydrogen-bond acceptors (Lipinski definition) is 3. The lowest BCUT2D eigenvalue weighted by atomic mass is 10.1. The normalized spacial score (nSPS) is 18.4. The number of likely N-dealkylation sites (N-methyl/N-ethyl adjacent to an activating group) is 1. The highest BCUT2D eigenvalue weighted by Gasteiger charge is 2.17. The molecule has 1 heterocycles. The third-order valence-corrected chi connectivity index (χ3v) is 3.26. The van der Waals surface area contributed by atoms with Crippen LogP contribution in [0, 0.1) is 13.8 Å². The summed E-state index contributed by atoms with van der Waals surface area (Å²) in [6, 6.07) is 6.58. The van der Waals surface area contributed by atoms with Crippen LogP contribution in [0.15, 0.2) is 18.2 Å². The average Bonchev–Trinajstić information content (AvgIpc) is 2.79. The molecular weight excluding hydrogens is 240 g/mol. The molecule has 1 aliphatic rings. The van der Waals surface area contributed by atoms with Crippen molar-refractivity contribution < 1.29 is 9.53 Å². The molecule has 0 bridgehead atoms. The summed E-state index contributed by atoms with van der Waals surface area (Å²) >= 11 is 0. The maximum Gasteiger partial charge on any atom is 0.207 e. The van der Waals surface area contributed by atoms with Gasteiger partial charge >= 0.3 is 0 Å². The molecule has 0 aromatic heterocycles. The zero-order valence-electron chi connectivity index (χ0n) is 12.3. The van der Waals surface area contributed by atoms with Gasteiger partial charge in [-0.3, -0.25) is 4.79 Å². The standard InChI is InChI=1S/C9H12O.C6H12N2O/c1-7-4-5-8(2)9(6-7)10-3;1-8-3-2-6(4-8)7-5-9/h4-6H,1-3H3;5-6H,2-4H2,1H3,(H,7,9). The molecule has 0 spiro atoms. The predicted octanol–water partition coefficient (Wildman–Crippen LogP) is 1.75. The van der Waals surface area contributed by atoms with Crippen LogP contribution in [0.25, 0.3) is 0 Å². The lowest BCUT2D eigenvalue weighted by Crippen LogP contribution is -2.29. The summed E-state index contributed by atoms with van der Waals surface area (Å²) in [5.41, 5.74) is 2.43. The van der Waals surface area contributed by atoms with E-state index in [-0.39, 0.29) is 0 Å². The van der Waals surface area contributed by atoms with Crippen molar-refractivity contribution in [3.05, 3.63) is 29.3 Å². The van der Waals surface area contributed by atoms with E-state index >= 15 is 0 Å². The maximum atomic E-state index is 9.94. The minimum Gasteiger partial charge on any atom is -0.496 e. The zero-order valence-corrected chi connectivity index (χ0v) is 12.3. The number of benzene rings is 1. The van der Waals surface area contributed by atoms with Gasteiger partial charge in [0.2, 0.25) is 6.41 Å². The molecule has 1 fully saturated rings. The van der Waals surface area contributed by atoms with Crippen LogP contribution in [0.3, 0.4) is 0 Å². The molecule has 1 aromatic carbocycles. The fourth-order valence-electron chi connectivity index (χ4n) is 2.09. The van der Waals surface area contributed by atoms with E-state index in [1.807, 2.05) is 13.0 Å². The summed E-state index contributed by atoms with van der Waals surface area (Å²) in [5, 5.41) is 2.75. The molecule has 1 saturated heterocycles. The van der Waals surface area contributed by atoms with Crippen LogP contribution in [0.2, 0.25) is 0 Å². The summed E-state index contributed by atoms with van der Waals surface area (Å²) in [6.45, 7) is 6.20. The van der Waals surface area contributed by atoms with E-state index in [0.29, 0.717) is 6.04 Å². The zero-order chi connectivity index (χ0) is 14.3. The fourth-order valence-corrected chi connectivity index (χ4v) is 2.09. The number of ether oxygens (including phenoxy) is 1. The highest BCUT2D eigenvalue weighted by molar-refractivity contribution is 5.46. The molecule has 1 aromatic rings. The van der Waals surface area contributed by atoms with Crippen LogP contribution >= 0.6 is 0 Å². The third kappa shape index (κ3) is 5.30. The highest BCUT2D eigenvalue weighted by atomic mass is 16.5. The second kappa shape index (κ2) is 7.79. The van der Waals surface area contributed by atoms with E-state index in [1.54, 1.807) is 7.11 Å². The van der Waals surface area contributed by atoms with Gasteiger partial charge in [0.25, 0.3) is 0 Å². The van der Waals surface area contributed by atoms with Gasteiger partial charge in [0.05, 0.1) is 7.11 Å². The Kier molecular flexibility index (Phi) is 6.36. The lowest BCUT2D eigenvalue weighted by molar-refractivity contribution is -0.110. The van der Waals surface area contributed by atoms with Crippen molar-refractivity contribution in [1.82, 2.24) is 10.2 Å². The second-order valence-corrected chi connectivity index (χ2v) is 5.01. The Hall–Kier alpha value is -1.55. The van der Waals surface area contributed by atoms with E-state index in [4.69, 9.17) is 4.74 Å². The van der Waals surface area contributed by atoms with Crippen LogP contribution in [0.1, 0.15) is 17.5 Å². The number of amides is 1. The van der Waals surface area contributed by atoms with E-state index in [9.17, 15) is 4.79 Å². The van der Waals surface area contributed by atoms with E-state index in [0.717, 1.165) is 31.7 Å². The lowest BCUT2D eigenvalue weighted by Gasteiger charge is -2.07. The quantitative estimate of drug-likeness (QED) is 0.846. The summed E-state index contributed by atoms with van der Waals surface area (Å²) < 4.78 is 5.13. The van der Waals surface area contributed by atoms with Gasteiger partial charge in [0.1, 0.15) is 5.75 Å². The Morgan fingerprint density at radius 3 is 2.63 bits per heavy atom. The fraction of sp³-hybridized carbons (Fsp3) is 0.533. The smallest absolute Gasteiger partial charge is 0.207 e. The summed E-state index contributed by atoms with van der Waals surface area (Å²) in [5.74, 6) is 0.972. The number of rotatable bonds is 3. The number of carbonyl (C=O) groups is 1. The van der Waals surface area contributed by atoms with Gasteiger partial charge < -0.3 is 15.0 Å². The van der Waals surface area contributed by atoms with Crippen molar-refractivity contribution in [2.45, 2.75) is 26.3 Å². The molecule has 0 saturated carbocycles. The number of methoxy groups -OCH3 is 1. The molecule has 1 aliphatic heterocycles. The monoisotopic (exact) mass is 264 g/mol. The van der Waals surface area contributed by atoms with Gasteiger partial charge in [-0.2, -0.15) is 0 Å². The molecule has 1 N–H and O–H groups in total. The largest absolute Gasteiger partial charge is 0.496 e. The third-order valence-electron chi connectivity index (χ3n) is 3.26. The number of hydrogen-bond donors (Lipinski definition) is 1. The molecule has 0 aliphatic carbocycles. The number of carbonyl (C=O) groups excluding carboxylic acids is 1. The maximum absolute atomic E-state index is 9.94. The Balaban J connectivity index is 0.000000191. The Bertz CT molecular complexity index is 407. The van der Waals surface area contributed by atoms with Gasteiger partial charge in [-0.05, 0) is 51.1 Å². The van der Waals surface area contributed by atoms with Crippen LogP contribution < -0.4 is 10.1 Å². The van der Waals surface area contributed by atoms with Crippen LogP contribution in [-0.4, -0.2) is 44.6 Å². The predicted molar refractivity (Wildman–Crippen MR) is 77.6 cm³/mol. The number of aryl methyl sites for hydroxylation is 2. The molecular formula is C15H24N2O2. The number of nitrogens with one attached hydrogen (secondary N) is 1. The van der Waals surface area contributed by atoms with E-state index < -0.39 is 0 Å². The first-order valence-electron chi connectivity index (χ1n) is 6.56. The van der Waals surface area contributed by atoms with E-state index in [1.165, 1.54) is 11.1 Å². The molecule has 4 nitrogen and oxygen atoms in total. The van der Waals surface area contributed by atoms with Crippen LogP contribution in [-0.2, 0) is 4.79 Å². The molecule has 1 unspecified atom stereocenters. The Labute approximate surface area is 115 Å². The SMILES string of the molecule is CN1CCC(NC=O)C1.COc1cc(C)ccc1C. The number of nitrogens with zero attached hydrogens (tertiary/aromatic N) is 1. The molecule has 19 heavy (non-hydrogen) atoms. The van der Waals surface area contributed by atoms with Gasteiger partial charge in [-0.1, -0.05) is 12.1 Å². The summed E-state index contributed by atoms with van der Waals surface area (Å²) in [4.78, 5) is 12.1. The summed E-state index contributed by atoms with van der Waals surface area (Å²) in [6.07, 6.45) is 1.87. The van der Waals surface area contributed by atoms with Crippen molar-refractivity contribution >= 4 is 6.41 Å². The topological polar surface area (TPSA) is 41.6 Å². The Morgan fingerprint density at radius 2 is 2.16 bits per heavy atom. The second-order valence-electron chi connectivity index (χ2n) is 5.01. The number of likely N-dealkylation sites (tertiary alicyclic amines) is 1. The van der Waals surface area contributed by atoms with Crippen LogP contribution in [0.4, 0.5) is 0 Å². The van der Waals surface area contributed by atoms with Gasteiger partial charge in [-0.15, -0.1) is 0 Å². The van der Waals surface area contributed by atoms with Crippen molar-refractivity contribution in [1.29, 1.82) is 0 Å². The van der Waals surface area contributed by atoms with Gasteiger partial charge in [0, 0.05) is 12.6 Å². The van der Waals surface area contributed by atoms with Crippen molar-refractivity contribution in [3.8, 4) is 5.75 Å². The molecule has 1 atom stereocenters. The molecule has 106 valence electrons. The molecule has 2 rings (SSSR count). The molecule has 1 amide bonds. The minimum atomic E-state index is 0.396. The summed E-state index contributed by atoms with van der Waals surface area (Å²) in [7, 11) is 3.76. The van der Waals surface area contributed by atoms with Crippen molar-refractivity contribution in [3.63, 3.8) is 0 Å². The molecule has 0 radical (unpaired) electrons. The Morgan fingerprint density at radius 1 is 1.42 bits per heavy atom. The van der Waals surface area contributed by atoms with E-state index in [2.05, 4.69) is 36.3 Å². The average molecular weight is 264 g/mol. The first kappa shape index (κ1) is 15.5. The van der Waals surface area contributed by atoms with Gasteiger partial charge in [0.15, 0.2) is 0 Å². The van der Waals surface area contributed by atoms with Crippen molar-refractivity contribution in [2.24, 2.45) is 0 Å². The first-order chi connectivity index (χ1) is 9.06. The molecule has 4 heteroatoms. The highest BCUT2D eigenvalue weighted by Crippen LogP contribution is 2.17. The van der Waals surface area contributed by atoms with Crippen molar-refractivity contribution in [2.75, 3.05) is 27.2 Å². The first-order valence-corrected chi connectivity index (χ1v) is 6.56. The van der Waals surface area contributed by atoms with Gasteiger partial charge in [-0.25, -0.2) is 0 Å². The van der Waals surface area contributed by atoms with Crippen LogP contribution in [0.5, 0.6) is 5.75 Å². The minimum absolute atomic E-state index is 0.396.